The summed E-state index contributed by atoms with van der Waals surface area (Å²) in [5.41, 5.74) is 2.03. The number of benzene rings is 1. The van der Waals surface area contributed by atoms with E-state index in [1.807, 2.05) is 54.0 Å². The van der Waals surface area contributed by atoms with Crippen molar-refractivity contribution in [1.82, 2.24) is 19.6 Å². The van der Waals surface area contributed by atoms with E-state index >= 15 is 0 Å². The van der Waals surface area contributed by atoms with E-state index in [0.29, 0.717) is 6.54 Å². The standard InChI is InChI=1S/C17H24N4O2/c1-13(17(22)19(2)3)20(4)12-14-11-15(23-5)7-8-16(14)21-10-6-9-18-21/h6-11,13H,12H2,1-5H3/t13-/m1/s1. The maximum atomic E-state index is 12.2. The van der Waals surface area contributed by atoms with Crippen LogP contribution >= 0.6 is 0 Å². The molecule has 1 atom stereocenters. The van der Waals surface area contributed by atoms with Gasteiger partial charge >= 0.3 is 0 Å². The van der Waals surface area contributed by atoms with E-state index in [0.717, 1.165) is 17.0 Å². The molecule has 6 nitrogen and oxygen atoms in total. The van der Waals surface area contributed by atoms with Crippen molar-refractivity contribution in [3.8, 4) is 11.4 Å². The molecule has 0 N–H and O–H groups in total. The average Bonchev–Trinajstić information content (AvgIpc) is 3.07. The second-order valence-corrected chi connectivity index (χ2v) is 5.77. The van der Waals surface area contributed by atoms with Crippen molar-refractivity contribution in [3.63, 3.8) is 0 Å². The van der Waals surface area contributed by atoms with Gasteiger partial charge in [-0.3, -0.25) is 9.69 Å². The molecule has 1 aromatic carbocycles. The summed E-state index contributed by atoms with van der Waals surface area (Å²) in [5.74, 6) is 0.868. The van der Waals surface area contributed by atoms with E-state index in [1.54, 1.807) is 32.3 Å². The minimum absolute atomic E-state index is 0.0797. The van der Waals surface area contributed by atoms with E-state index in [2.05, 4.69) is 5.10 Å². The topological polar surface area (TPSA) is 50.6 Å². The molecule has 2 rings (SSSR count). The Bertz CT molecular complexity index is 653. The zero-order chi connectivity index (χ0) is 17.0. The Kier molecular flexibility index (Phi) is 5.39. The number of rotatable bonds is 6. The Morgan fingerprint density at radius 1 is 1.35 bits per heavy atom. The normalized spacial score (nSPS) is 12.3. The Labute approximate surface area is 137 Å². The third-order valence-electron chi connectivity index (χ3n) is 3.92. The maximum absolute atomic E-state index is 12.2. The van der Waals surface area contributed by atoms with Gasteiger partial charge < -0.3 is 9.64 Å². The van der Waals surface area contributed by atoms with Crippen LogP contribution in [0.15, 0.2) is 36.7 Å². The highest BCUT2D eigenvalue weighted by molar-refractivity contribution is 5.80. The summed E-state index contributed by atoms with van der Waals surface area (Å²) >= 11 is 0. The second-order valence-electron chi connectivity index (χ2n) is 5.77. The zero-order valence-corrected chi connectivity index (χ0v) is 14.4. The van der Waals surface area contributed by atoms with Gasteiger partial charge in [-0.1, -0.05) is 0 Å². The summed E-state index contributed by atoms with van der Waals surface area (Å²) in [4.78, 5) is 15.8. The molecule has 0 bridgehead atoms. The van der Waals surface area contributed by atoms with Crippen LogP contribution in [0.4, 0.5) is 0 Å². The molecule has 0 saturated carbocycles. The molecule has 0 fully saturated rings. The highest BCUT2D eigenvalue weighted by Crippen LogP contribution is 2.22. The molecule has 0 spiro atoms. The molecule has 2 aromatic rings. The summed E-state index contributed by atoms with van der Waals surface area (Å²) < 4.78 is 7.15. The SMILES string of the molecule is COc1ccc(-n2cccn2)c(CN(C)[C@H](C)C(=O)N(C)C)c1. The van der Waals surface area contributed by atoms with E-state index < -0.39 is 0 Å². The van der Waals surface area contributed by atoms with E-state index in [9.17, 15) is 4.79 Å². The largest absolute Gasteiger partial charge is 0.497 e. The van der Waals surface area contributed by atoms with Crippen LogP contribution in [0.25, 0.3) is 5.69 Å². The van der Waals surface area contributed by atoms with Crippen LogP contribution in [0.1, 0.15) is 12.5 Å². The fourth-order valence-corrected chi connectivity index (χ4v) is 2.42. The monoisotopic (exact) mass is 316 g/mol. The first-order valence-electron chi connectivity index (χ1n) is 7.52. The number of amides is 1. The van der Waals surface area contributed by atoms with Gasteiger partial charge in [0.05, 0.1) is 18.8 Å². The Morgan fingerprint density at radius 3 is 2.65 bits per heavy atom. The van der Waals surface area contributed by atoms with Crippen molar-refractivity contribution in [1.29, 1.82) is 0 Å². The number of nitrogens with zero attached hydrogens (tertiary/aromatic N) is 4. The molecule has 0 radical (unpaired) electrons. The van der Waals surface area contributed by atoms with Gasteiger partial charge in [0.2, 0.25) is 5.91 Å². The summed E-state index contributed by atoms with van der Waals surface area (Å²) in [5, 5.41) is 4.30. The lowest BCUT2D eigenvalue weighted by molar-refractivity contribution is -0.133. The molecule has 1 aromatic heterocycles. The zero-order valence-electron chi connectivity index (χ0n) is 14.4. The van der Waals surface area contributed by atoms with Gasteiger partial charge in [0, 0.05) is 33.0 Å². The fourth-order valence-electron chi connectivity index (χ4n) is 2.42. The van der Waals surface area contributed by atoms with Gasteiger partial charge in [0.15, 0.2) is 0 Å². The highest BCUT2D eigenvalue weighted by atomic mass is 16.5. The van der Waals surface area contributed by atoms with Crippen LogP contribution in [0.3, 0.4) is 0 Å². The average molecular weight is 316 g/mol. The molecule has 0 aliphatic carbocycles. The molecule has 0 aliphatic rings. The first-order valence-corrected chi connectivity index (χ1v) is 7.52. The van der Waals surface area contributed by atoms with Crippen LogP contribution in [0.5, 0.6) is 5.75 Å². The number of aromatic nitrogens is 2. The summed E-state index contributed by atoms with van der Waals surface area (Å²) in [7, 11) is 7.13. The van der Waals surface area contributed by atoms with Gasteiger partial charge in [-0.15, -0.1) is 0 Å². The molecule has 1 heterocycles. The van der Waals surface area contributed by atoms with Gasteiger partial charge in [-0.25, -0.2) is 4.68 Å². The lowest BCUT2D eigenvalue weighted by Gasteiger charge is -2.27. The number of hydrogen-bond acceptors (Lipinski definition) is 4. The predicted molar refractivity (Wildman–Crippen MR) is 89.7 cm³/mol. The highest BCUT2D eigenvalue weighted by Gasteiger charge is 2.21. The third kappa shape index (κ3) is 3.90. The predicted octanol–water partition coefficient (Wildman–Crippen LogP) is 1.79. The van der Waals surface area contributed by atoms with Crippen molar-refractivity contribution in [3.05, 3.63) is 42.2 Å². The van der Waals surface area contributed by atoms with Crippen LogP contribution in [-0.4, -0.2) is 59.8 Å². The summed E-state index contributed by atoms with van der Waals surface area (Å²) in [6, 6.07) is 7.56. The first-order chi connectivity index (χ1) is 10.9. The van der Waals surface area contributed by atoms with Gasteiger partial charge in [-0.2, -0.15) is 5.10 Å². The Hall–Kier alpha value is -2.34. The van der Waals surface area contributed by atoms with Gasteiger partial charge in [-0.05, 0) is 43.8 Å². The smallest absolute Gasteiger partial charge is 0.239 e. The van der Waals surface area contributed by atoms with E-state index in [1.165, 1.54) is 0 Å². The molecule has 124 valence electrons. The van der Waals surface area contributed by atoms with E-state index in [-0.39, 0.29) is 11.9 Å². The Morgan fingerprint density at radius 2 is 2.09 bits per heavy atom. The minimum Gasteiger partial charge on any atom is -0.497 e. The number of methoxy groups -OCH3 is 1. The third-order valence-corrected chi connectivity index (χ3v) is 3.92. The Balaban J connectivity index is 2.29. The molecule has 1 amide bonds. The van der Waals surface area contributed by atoms with Crippen molar-refractivity contribution >= 4 is 5.91 Å². The van der Waals surface area contributed by atoms with Crippen molar-refractivity contribution in [2.24, 2.45) is 0 Å². The van der Waals surface area contributed by atoms with E-state index in [4.69, 9.17) is 4.74 Å². The molecule has 23 heavy (non-hydrogen) atoms. The molecular formula is C17H24N4O2. The number of carbonyl (C=O) groups is 1. The molecule has 0 saturated heterocycles. The van der Waals surface area contributed by atoms with Crippen LogP contribution < -0.4 is 4.74 Å². The number of likely N-dealkylation sites (N-methyl/N-ethyl adjacent to an activating group) is 2. The minimum atomic E-state index is -0.207. The molecule has 0 aliphatic heterocycles. The molecular weight excluding hydrogens is 292 g/mol. The lowest BCUT2D eigenvalue weighted by atomic mass is 10.1. The molecule has 6 heteroatoms. The van der Waals surface area contributed by atoms with Crippen molar-refractivity contribution < 1.29 is 9.53 Å². The number of ether oxygens (including phenoxy) is 1. The van der Waals surface area contributed by atoms with Crippen LogP contribution in [0.2, 0.25) is 0 Å². The number of hydrogen-bond donors (Lipinski definition) is 0. The quantitative estimate of drug-likeness (QED) is 0.815. The van der Waals surface area contributed by atoms with Gasteiger partial charge in [0.1, 0.15) is 5.75 Å². The van der Waals surface area contributed by atoms with Crippen molar-refractivity contribution in [2.45, 2.75) is 19.5 Å². The second kappa shape index (κ2) is 7.28. The summed E-state index contributed by atoms with van der Waals surface area (Å²) in [6.45, 7) is 2.53. The fraction of sp³-hybridized carbons (Fsp3) is 0.412. The van der Waals surface area contributed by atoms with Crippen LogP contribution in [0, 0.1) is 0 Å². The molecule has 0 unspecified atom stereocenters. The first kappa shape index (κ1) is 17.0. The lowest BCUT2D eigenvalue weighted by Crippen LogP contribution is -2.42. The number of carbonyl (C=O) groups excluding carboxylic acids is 1. The summed E-state index contributed by atoms with van der Waals surface area (Å²) in [6.07, 6.45) is 3.65. The van der Waals surface area contributed by atoms with Crippen LogP contribution in [-0.2, 0) is 11.3 Å². The van der Waals surface area contributed by atoms with Gasteiger partial charge in [0.25, 0.3) is 0 Å². The maximum Gasteiger partial charge on any atom is 0.239 e. The van der Waals surface area contributed by atoms with Crippen molar-refractivity contribution in [2.75, 3.05) is 28.3 Å².